The van der Waals surface area contributed by atoms with Gasteiger partial charge in [-0.2, -0.15) is 0 Å². The molecule has 8 aromatic rings. The Balaban J connectivity index is -0.000000463. The number of hydrogen-bond acceptors (Lipinski definition) is 12. The van der Waals surface area contributed by atoms with Crippen molar-refractivity contribution in [1.29, 1.82) is 0 Å². The van der Waals surface area contributed by atoms with E-state index < -0.39 is 31.6 Å². The van der Waals surface area contributed by atoms with Crippen molar-refractivity contribution in [2.24, 2.45) is 56.4 Å². The Labute approximate surface area is 536 Å². The molecule has 0 saturated carbocycles. The van der Waals surface area contributed by atoms with Gasteiger partial charge in [0.25, 0.3) is 0 Å². The van der Waals surface area contributed by atoms with E-state index in [1.165, 1.54) is 0 Å². The van der Waals surface area contributed by atoms with E-state index in [9.17, 15) is 16.8 Å². The predicted octanol–water partition coefficient (Wildman–Crippen LogP) is -0.873. The van der Waals surface area contributed by atoms with Crippen LogP contribution in [0.1, 0.15) is 0 Å². The van der Waals surface area contributed by atoms with Crippen molar-refractivity contribution < 1.29 is 111 Å². The van der Waals surface area contributed by atoms with Gasteiger partial charge in [-0.15, -0.1) is 0 Å². The summed E-state index contributed by atoms with van der Waals surface area (Å²) in [6.07, 6.45) is 63.3. The Kier molecular flexibility index (Phi) is 50.6. The first-order valence-corrected chi connectivity index (χ1v) is 32.2. The number of allylic oxidation sites excluding steroid dienone is 8. The van der Waals surface area contributed by atoms with E-state index in [1.54, 1.807) is 0 Å². The molecule has 0 bridgehead atoms. The monoisotopic (exact) mass is 1380 g/mol. The molecule has 8 heterocycles. The number of aryl methyl sites for hydroxylation is 8. The van der Waals surface area contributed by atoms with Crippen LogP contribution in [0.25, 0.3) is 0 Å². The summed E-state index contributed by atoms with van der Waals surface area (Å²) in [6, 6.07) is 0. The zero-order valence-electron chi connectivity index (χ0n) is 53.1. The number of hydrogen-bond donors (Lipinski definition) is 0. The molecule has 8 rings (SSSR count). The average molecular weight is 1380 g/mol. The molecule has 0 N–H and O–H groups in total. The minimum Gasteiger partial charge on any atom is -0.786 e. The van der Waals surface area contributed by atoms with Gasteiger partial charge in [0.2, 0.25) is 50.6 Å². The van der Waals surface area contributed by atoms with Gasteiger partial charge in [0, 0.05) is 0 Å². The molecular weight excluding hydrogens is 1290 g/mol. The lowest BCUT2D eigenvalue weighted by Crippen LogP contribution is -2.29. The zero-order valence-corrected chi connectivity index (χ0v) is 56.7. The highest BCUT2D eigenvalue weighted by Crippen LogP contribution is 2.23. The van der Waals surface area contributed by atoms with Crippen molar-refractivity contribution in [3.05, 3.63) is 251 Å². The van der Waals surface area contributed by atoms with Crippen LogP contribution in [0.3, 0.4) is 0 Å². The van der Waals surface area contributed by atoms with Crippen molar-refractivity contribution in [3.8, 4) is 0 Å². The molecule has 0 saturated heterocycles. The van der Waals surface area contributed by atoms with Crippen molar-refractivity contribution in [2.75, 3.05) is 0 Å². The zero-order chi connectivity index (χ0) is 71.5. The molecule has 0 unspecified atom stereocenters. The Morgan fingerprint density at radius 1 is 0.261 bits per heavy atom. The normalized spacial score (nSPS) is 9.96. The maximum atomic E-state index is 10.1. The first kappa shape index (κ1) is 90.3. The molecule has 0 aliphatic rings. The van der Waals surface area contributed by atoms with Crippen molar-refractivity contribution in [1.82, 2.24) is 36.5 Å². The SMILES string of the molecule is C=CC[n+]1ccn(C)c1.C=CC[n+]1ccn(C)c1.C=CC[n+]1ccn(C)c1.C=CC[n+]1ccn(C)c1.C=CC[n+]1ccn(C)c1.C=CC[n+]1ccn(C)c1.C=CC[n+]1ccn(C)c1.C=CC[n+]1ccn(C)c1.O=P([O-])([O-])F.O=P([O-])([O-])F.O=P([O-])([O-])F.O=P([O-])([O-])F. The van der Waals surface area contributed by atoms with Crippen LogP contribution in [-0.4, -0.2) is 36.5 Å². The molecular formula is C56H88F4N16O12P4. The largest absolute Gasteiger partial charge is 0.786 e. The minimum absolute atomic E-state index is 0.890. The maximum Gasteiger partial charge on any atom is 0.243 e. The molecule has 28 nitrogen and oxygen atoms in total. The minimum atomic E-state index is -5.64. The van der Waals surface area contributed by atoms with Gasteiger partial charge in [-0.25, -0.2) is 89.9 Å². The maximum absolute atomic E-state index is 10.1. The van der Waals surface area contributed by atoms with E-state index >= 15 is 0 Å². The number of rotatable bonds is 16. The van der Waals surface area contributed by atoms with E-state index in [-0.39, 0.29) is 0 Å². The molecule has 0 fully saturated rings. The summed E-state index contributed by atoms with van der Waals surface area (Å²) in [5, 5.41) is 0. The lowest BCUT2D eigenvalue weighted by atomic mass is 10.6. The molecule has 0 aliphatic carbocycles. The Morgan fingerprint density at radius 2 is 0.337 bits per heavy atom. The van der Waals surface area contributed by atoms with Crippen molar-refractivity contribution in [3.63, 3.8) is 0 Å². The van der Waals surface area contributed by atoms with Crippen LogP contribution in [0.2, 0.25) is 0 Å². The second-order valence-electron chi connectivity index (χ2n) is 18.2. The predicted molar refractivity (Wildman–Crippen MR) is 321 cm³/mol. The molecule has 0 aromatic carbocycles. The Morgan fingerprint density at radius 3 is 0.380 bits per heavy atom. The van der Waals surface area contributed by atoms with Crippen LogP contribution in [0.4, 0.5) is 16.8 Å². The summed E-state index contributed by atoms with van der Waals surface area (Å²) in [5.41, 5.74) is 0. The van der Waals surface area contributed by atoms with Crippen LogP contribution in [0, 0.1) is 0 Å². The standard InChI is InChI=1S/8C7H11N2.4FH2O3P/c8*1-3-4-9-6-5-8(2)7-9;4*1-5(2,3)4/h8*3,5-7H,1,4H2,2H3;4*(H2,2,3,4)/q8*+1;;;;/p-8. The van der Waals surface area contributed by atoms with Crippen LogP contribution in [0.15, 0.2) is 251 Å². The molecule has 0 atom stereocenters. The van der Waals surface area contributed by atoms with E-state index in [4.69, 9.17) is 57.4 Å². The van der Waals surface area contributed by atoms with Gasteiger partial charge in [-0.1, -0.05) is 101 Å². The number of aromatic nitrogens is 16. The highest BCUT2D eigenvalue weighted by atomic mass is 31.2. The highest BCUT2D eigenvalue weighted by Gasteiger charge is 1.99. The van der Waals surface area contributed by atoms with E-state index in [2.05, 4.69) is 89.2 Å². The molecule has 0 radical (unpaired) electrons. The van der Waals surface area contributed by atoms with Crippen molar-refractivity contribution in [2.45, 2.75) is 52.4 Å². The fourth-order valence-corrected chi connectivity index (χ4v) is 6.07. The second-order valence-corrected chi connectivity index (χ2v) is 21.7. The Hall–Kier alpha value is -8.08. The van der Waals surface area contributed by atoms with Crippen LogP contribution in [0.5, 0.6) is 0 Å². The molecule has 0 amide bonds. The summed E-state index contributed by atoms with van der Waals surface area (Å²) in [7, 11) is -6.56. The van der Waals surface area contributed by atoms with Crippen LogP contribution in [-0.2, 0) is 127 Å². The van der Waals surface area contributed by atoms with Gasteiger partial charge in [0.15, 0.2) is 0 Å². The lowest BCUT2D eigenvalue weighted by molar-refractivity contribution is -0.686. The summed E-state index contributed by atoms with van der Waals surface area (Å²) in [5.74, 6) is 0. The molecule has 0 spiro atoms. The van der Waals surface area contributed by atoms with Crippen molar-refractivity contribution >= 4 is 31.6 Å². The molecule has 512 valence electrons. The second kappa shape index (κ2) is 51.5. The van der Waals surface area contributed by atoms with E-state index in [0.717, 1.165) is 52.4 Å². The van der Waals surface area contributed by atoms with E-state index in [1.807, 2.05) is 291 Å². The number of halogens is 4. The first-order valence-electron chi connectivity index (χ1n) is 26.4. The third-order valence-corrected chi connectivity index (χ3v) is 9.31. The first-order chi connectivity index (χ1) is 42.6. The summed E-state index contributed by atoms with van der Waals surface area (Å²) in [6.45, 7) is 36.2. The molecule has 36 heteroatoms. The molecule has 0 aliphatic heterocycles. The fraction of sp³-hybridized carbons (Fsp3) is 0.286. The average Bonchev–Trinajstić information content (AvgIpc) is 4.34. The number of imidazole rings is 8. The third kappa shape index (κ3) is 69.4. The molecule has 8 aromatic heterocycles. The van der Waals surface area contributed by atoms with Crippen LogP contribution < -0.4 is 75.7 Å². The quantitative estimate of drug-likeness (QED) is 0.0493. The van der Waals surface area contributed by atoms with Gasteiger partial charge in [-0.3, -0.25) is 0 Å². The Bertz CT molecular complexity index is 2820. The molecule has 92 heavy (non-hydrogen) atoms. The summed E-state index contributed by atoms with van der Waals surface area (Å²) >= 11 is 0. The number of nitrogens with zero attached hydrogens (tertiary/aromatic N) is 16. The third-order valence-electron chi connectivity index (χ3n) is 9.31. The smallest absolute Gasteiger partial charge is 0.243 e. The van der Waals surface area contributed by atoms with Gasteiger partial charge >= 0.3 is 0 Å². The van der Waals surface area contributed by atoms with Gasteiger partial charge in [0.1, 0.15) is 183 Å². The van der Waals surface area contributed by atoms with Gasteiger partial charge < -0.3 is 57.4 Å². The topological polar surface area (TPSA) is 323 Å². The lowest BCUT2D eigenvalue weighted by Gasteiger charge is -2.15. The van der Waals surface area contributed by atoms with Gasteiger partial charge in [0.05, 0.1) is 56.4 Å². The van der Waals surface area contributed by atoms with Crippen LogP contribution >= 0.6 is 31.6 Å². The fourth-order valence-electron chi connectivity index (χ4n) is 6.07. The van der Waals surface area contributed by atoms with E-state index in [0.29, 0.717) is 0 Å². The summed E-state index contributed by atoms with van der Waals surface area (Å²) < 4.78 is 107. The van der Waals surface area contributed by atoms with Gasteiger partial charge in [-0.05, 0) is 0 Å². The summed E-state index contributed by atoms with van der Waals surface area (Å²) in [4.78, 5) is 67.5. The highest BCUT2D eigenvalue weighted by molar-refractivity contribution is 7.43.